The summed E-state index contributed by atoms with van der Waals surface area (Å²) in [6, 6.07) is -0.146. The summed E-state index contributed by atoms with van der Waals surface area (Å²) in [4.78, 5) is 11.5. The van der Waals surface area contributed by atoms with Gasteiger partial charge in [-0.25, -0.2) is 0 Å². The van der Waals surface area contributed by atoms with Gasteiger partial charge in [0.1, 0.15) is 0 Å². The Morgan fingerprint density at radius 1 is 1.40 bits per heavy atom. The maximum absolute atomic E-state index is 11.5. The van der Waals surface area contributed by atoms with Crippen LogP contribution in [-0.2, 0) is 9.53 Å². The van der Waals surface area contributed by atoms with Gasteiger partial charge >= 0.3 is 0 Å². The number of aliphatic hydroxyl groups is 1. The average molecular weight is 217 g/mol. The van der Waals surface area contributed by atoms with Gasteiger partial charge in [0.15, 0.2) is 0 Å². The van der Waals surface area contributed by atoms with E-state index < -0.39 is 0 Å². The van der Waals surface area contributed by atoms with Gasteiger partial charge in [-0.1, -0.05) is 20.8 Å². The highest BCUT2D eigenvalue weighted by molar-refractivity contribution is 5.76. The van der Waals surface area contributed by atoms with Crippen molar-refractivity contribution in [2.75, 3.05) is 20.3 Å². The van der Waals surface area contributed by atoms with Crippen LogP contribution in [0.25, 0.3) is 0 Å². The zero-order chi connectivity index (χ0) is 11.8. The van der Waals surface area contributed by atoms with Crippen molar-refractivity contribution in [3.8, 4) is 0 Å². The fourth-order valence-corrected chi connectivity index (χ4v) is 1.35. The summed E-state index contributed by atoms with van der Waals surface area (Å²) in [7, 11) is 1.62. The van der Waals surface area contributed by atoms with Crippen LogP contribution in [0.5, 0.6) is 0 Å². The van der Waals surface area contributed by atoms with E-state index in [4.69, 9.17) is 9.84 Å². The number of rotatable bonds is 7. The zero-order valence-electron chi connectivity index (χ0n) is 10.1. The average Bonchev–Trinajstić information content (AvgIpc) is 2.13. The van der Waals surface area contributed by atoms with E-state index in [0.29, 0.717) is 13.0 Å². The van der Waals surface area contributed by atoms with Crippen molar-refractivity contribution in [2.45, 2.75) is 33.2 Å². The minimum absolute atomic E-state index is 0.0118. The summed E-state index contributed by atoms with van der Waals surface area (Å²) < 4.78 is 4.95. The van der Waals surface area contributed by atoms with E-state index in [1.807, 2.05) is 20.8 Å². The van der Waals surface area contributed by atoms with Crippen molar-refractivity contribution in [1.29, 1.82) is 0 Å². The molecule has 1 amide bonds. The molecule has 2 atom stereocenters. The third-order valence-corrected chi connectivity index (χ3v) is 2.33. The number of nitrogens with one attached hydrogen (secondary N) is 1. The molecule has 15 heavy (non-hydrogen) atoms. The molecule has 0 saturated carbocycles. The Labute approximate surface area is 92.0 Å². The van der Waals surface area contributed by atoms with Gasteiger partial charge in [-0.3, -0.25) is 4.79 Å². The molecule has 0 aromatic carbocycles. The topological polar surface area (TPSA) is 58.6 Å². The van der Waals surface area contributed by atoms with Gasteiger partial charge in [-0.15, -0.1) is 0 Å². The highest BCUT2D eigenvalue weighted by Crippen LogP contribution is 2.05. The summed E-state index contributed by atoms with van der Waals surface area (Å²) in [5, 5.41) is 11.9. The Kier molecular flexibility index (Phi) is 7.34. The van der Waals surface area contributed by atoms with E-state index in [1.54, 1.807) is 7.11 Å². The summed E-state index contributed by atoms with van der Waals surface area (Å²) in [6.07, 6.45) is 0.442. The van der Waals surface area contributed by atoms with Crippen LogP contribution in [0.4, 0.5) is 0 Å². The maximum Gasteiger partial charge on any atom is 0.220 e. The molecule has 0 aromatic heterocycles. The second-order valence-corrected chi connectivity index (χ2v) is 4.37. The first kappa shape index (κ1) is 14.4. The lowest BCUT2D eigenvalue weighted by molar-refractivity contribution is -0.123. The third kappa shape index (κ3) is 6.47. The highest BCUT2D eigenvalue weighted by atomic mass is 16.5. The van der Waals surface area contributed by atoms with E-state index in [2.05, 4.69) is 5.32 Å². The minimum atomic E-state index is -0.146. The van der Waals surface area contributed by atoms with Crippen LogP contribution >= 0.6 is 0 Å². The molecule has 0 rings (SSSR count). The number of hydrogen-bond acceptors (Lipinski definition) is 3. The summed E-state index contributed by atoms with van der Waals surface area (Å²) in [5.41, 5.74) is 0. The Hall–Kier alpha value is -0.610. The van der Waals surface area contributed by atoms with Gasteiger partial charge in [-0.05, 0) is 11.8 Å². The van der Waals surface area contributed by atoms with Gasteiger partial charge in [-0.2, -0.15) is 0 Å². The van der Waals surface area contributed by atoms with Crippen LogP contribution in [-0.4, -0.2) is 37.4 Å². The zero-order valence-corrected chi connectivity index (χ0v) is 10.1. The molecular weight excluding hydrogens is 194 g/mol. The van der Waals surface area contributed by atoms with Crippen molar-refractivity contribution in [1.82, 2.24) is 5.32 Å². The number of methoxy groups -OCH3 is 1. The number of aliphatic hydroxyl groups excluding tert-OH is 1. The lowest BCUT2D eigenvalue weighted by atomic mass is 10.0. The molecule has 0 spiro atoms. The lowest BCUT2D eigenvalue weighted by Crippen LogP contribution is -2.41. The fraction of sp³-hybridized carbons (Fsp3) is 0.909. The van der Waals surface area contributed by atoms with E-state index in [9.17, 15) is 4.79 Å². The third-order valence-electron chi connectivity index (χ3n) is 2.33. The normalized spacial score (nSPS) is 15.1. The van der Waals surface area contributed by atoms with Crippen molar-refractivity contribution >= 4 is 5.91 Å². The summed E-state index contributed by atoms with van der Waals surface area (Å²) in [5.74, 6) is 0.436. The first-order valence-corrected chi connectivity index (χ1v) is 5.40. The molecule has 0 saturated heterocycles. The summed E-state index contributed by atoms with van der Waals surface area (Å²) >= 11 is 0. The van der Waals surface area contributed by atoms with Gasteiger partial charge in [0.05, 0.1) is 12.6 Å². The van der Waals surface area contributed by atoms with E-state index in [0.717, 1.165) is 0 Å². The van der Waals surface area contributed by atoms with Gasteiger partial charge in [0.2, 0.25) is 5.91 Å². The fourth-order valence-electron chi connectivity index (χ4n) is 1.35. The maximum atomic E-state index is 11.5. The van der Waals surface area contributed by atoms with Crippen molar-refractivity contribution in [2.24, 2.45) is 11.8 Å². The Morgan fingerprint density at radius 2 is 2.00 bits per heavy atom. The van der Waals surface area contributed by atoms with E-state index in [-0.39, 0.29) is 30.4 Å². The van der Waals surface area contributed by atoms with Crippen molar-refractivity contribution < 1.29 is 14.6 Å². The Bertz CT molecular complexity index is 183. The van der Waals surface area contributed by atoms with Crippen LogP contribution < -0.4 is 5.32 Å². The molecule has 4 heteroatoms. The Balaban J connectivity index is 3.90. The van der Waals surface area contributed by atoms with Crippen LogP contribution in [0.3, 0.4) is 0 Å². The predicted octanol–water partition coefficient (Wildman–Crippen LogP) is 0.792. The van der Waals surface area contributed by atoms with Crippen LogP contribution in [0.1, 0.15) is 27.2 Å². The number of amides is 1. The van der Waals surface area contributed by atoms with Gasteiger partial charge in [0.25, 0.3) is 0 Å². The lowest BCUT2D eigenvalue weighted by Gasteiger charge is -2.20. The first-order chi connectivity index (χ1) is 7.01. The second-order valence-electron chi connectivity index (χ2n) is 4.37. The molecule has 0 fully saturated rings. The monoisotopic (exact) mass is 217 g/mol. The minimum Gasteiger partial charge on any atom is -0.394 e. The van der Waals surface area contributed by atoms with Crippen LogP contribution in [0, 0.1) is 11.8 Å². The highest BCUT2D eigenvalue weighted by Gasteiger charge is 2.16. The molecule has 0 aliphatic rings. The smallest absolute Gasteiger partial charge is 0.220 e. The largest absolute Gasteiger partial charge is 0.394 e. The van der Waals surface area contributed by atoms with Gasteiger partial charge < -0.3 is 15.2 Å². The molecular formula is C11H23NO3. The Morgan fingerprint density at radius 3 is 2.40 bits per heavy atom. The number of ether oxygens (including phenoxy) is 1. The van der Waals surface area contributed by atoms with Crippen LogP contribution in [0.2, 0.25) is 0 Å². The molecule has 0 aliphatic carbocycles. The molecule has 0 bridgehead atoms. The molecule has 0 aromatic rings. The predicted molar refractivity (Wildman–Crippen MR) is 59.5 cm³/mol. The number of hydrogen-bond donors (Lipinski definition) is 2. The SMILES string of the molecule is COCC(C)CC(=O)N[C@H](CO)C(C)C. The molecule has 0 heterocycles. The number of carbonyl (C=O) groups excluding carboxylic acids is 1. The summed E-state index contributed by atoms with van der Waals surface area (Å²) in [6.45, 7) is 6.48. The molecule has 90 valence electrons. The molecule has 0 radical (unpaired) electrons. The molecule has 1 unspecified atom stereocenters. The first-order valence-electron chi connectivity index (χ1n) is 5.40. The standard InChI is InChI=1S/C11H23NO3/c1-8(2)10(6-13)12-11(14)5-9(3)7-15-4/h8-10,13H,5-7H2,1-4H3,(H,12,14)/t9?,10-/m1/s1. The quantitative estimate of drug-likeness (QED) is 0.663. The molecule has 2 N–H and O–H groups in total. The van der Waals surface area contributed by atoms with Crippen molar-refractivity contribution in [3.63, 3.8) is 0 Å². The van der Waals surface area contributed by atoms with Gasteiger partial charge in [0, 0.05) is 20.1 Å². The molecule has 4 nitrogen and oxygen atoms in total. The second kappa shape index (κ2) is 7.65. The van der Waals surface area contributed by atoms with E-state index >= 15 is 0 Å². The molecule has 0 aliphatic heterocycles. The van der Waals surface area contributed by atoms with Crippen molar-refractivity contribution in [3.05, 3.63) is 0 Å². The number of carbonyl (C=O) groups is 1. The van der Waals surface area contributed by atoms with E-state index in [1.165, 1.54) is 0 Å². The van der Waals surface area contributed by atoms with Crippen LogP contribution in [0.15, 0.2) is 0 Å².